The number of aromatic nitrogens is 3. The Morgan fingerprint density at radius 3 is 2.48 bits per heavy atom. The first-order chi connectivity index (χ1) is 12.1. The van der Waals surface area contributed by atoms with Crippen LogP contribution < -0.4 is 0 Å². The number of rotatable bonds is 7. The summed E-state index contributed by atoms with van der Waals surface area (Å²) in [7, 11) is 1.95. The number of likely N-dealkylation sites (N-methyl/N-ethyl adjacent to an activating group) is 1. The Morgan fingerprint density at radius 1 is 1.20 bits per heavy atom. The van der Waals surface area contributed by atoms with E-state index < -0.39 is 0 Å². The molecule has 2 N–H and O–H groups in total. The molecule has 1 unspecified atom stereocenters. The Kier molecular flexibility index (Phi) is 5.36. The molecule has 0 aliphatic rings. The highest BCUT2D eigenvalue weighted by atomic mass is 32.1. The summed E-state index contributed by atoms with van der Waals surface area (Å²) in [6.45, 7) is 4.68. The summed E-state index contributed by atoms with van der Waals surface area (Å²) in [6, 6.07) is 8.24. The fourth-order valence-electron chi connectivity index (χ4n) is 2.95. The average Bonchev–Trinajstić information content (AvgIpc) is 3.16. The quantitative estimate of drug-likeness (QED) is 0.678. The molecule has 0 aliphatic heterocycles. The number of aryl methyl sites for hydroxylation is 2. The van der Waals surface area contributed by atoms with Gasteiger partial charge in [0.05, 0.1) is 17.5 Å². The summed E-state index contributed by atoms with van der Waals surface area (Å²) >= 11 is 1.44. The highest BCUT2D eigenvalue weighted by Crippen LogP contribution is 2.39. The van der Waals surface area contributed by atoms with Crippen molar-refractivity contribution < 1.29 is 10.2 Å². The van der Waals surface area contributed by atoms with Crippen molar-refractivity contribution in [1.82, 2.24) is 19.5 Å². The number of aliphatic hydroxyl groups is 1. The van der Waals surface area contributed by atoms with Crippen LogP contribution in [0.4, 0.5) is 0 Å². The zero-order valence-electron chi connectivity index (χ0n) is 14.8. The monoisotopic (exact) mass is 360 g/mol. The number of aromatic hydroxyl groups is 1. The van der Waals surface area contributed by atoms with Crippen molar-refractivity contribution >= 4 is 16.3 Å². The Bertz CT molecular complexity index is 841. The summed E-state index contributed by atoms with van der Waals surface area (Å²) in [6.07, 6.45) is 1.72. The largest absolute Gasteiger partial charge is 0.492 e. The molecule has 0 spiro atoms. The molecule has 0 saturated carbocycles. The van der Waals surface area contributed by atoms with E-state index in [4.69, 9.17) is 0 Å². The van der Waals surface area contributed by atoms with Crippen LogP contribution in [0.1, 0.15) is 41.7 Å². The fraction of sp³-hybridized carbons (Fsp3) is 0.444. The molecule has 0 fully saturated rings. The van der Waals surface area contributed by atoms with Crippen LogP contribution in [0, 0.1) is 0 Å². The summed E-state index contributed by atoms with van der Waals surface area (Å²) < 4.78 is 1.51. The smallest absolute Gasteiger partial charge is 0.230 e. The van der Waals surface area contributed by atoms with E-state index in [9.17, 15) is 10.2 Å². The third kappa shape index (κ3) is 3.40. The molecule has 7 heteroatoms. The molecule has 2 heterocycles. The third-order valence-corrected chi connectivity index (χ3v) is 5.48. The van der Waals surface area contributed by atoms with E-state index in [-0.39, 0.29) is 18.5 Å². The van der Waals surface area contributed by atoms with Gasteiger partial charge in [-0.1, -0.05) is 49.4 Å². The number of thiazole rings is 1. The van der Waals surface area contributed by atoms with Crippen LogP contribution in [0.25, 0.3) is 4.96 Å². The minimum Gasteiger partial charge on any atom is -0.492 e. The highest BCUT2D eigenvalue weighted by Gasteiger charge is 2.27. The van der Waals surface area contributed by atoms with E-state index in [0.717, 1.165) is 29.1 Å². The number of aliphatic hydroxyl groups excluding tert-OH is 1. The van der Waals surface area contributed by atoms with Crippen molar-refractivity contribution in [1.29, 1.82) is 0 Å². The average molecular weight is 360 g/mol. The van der Waals surface area contributed by atoms with Gasteiger partial charge in [0.25, 0.3) is 0 Å². The normalized spacial score (nSPS) is 13.0. The van der Waals surface area contributed by atoms with Crippen LogP contribution in [0.5, 0.6) is 5.88 Å². The van der Waals surface area contributed by atoms with Crippen LogP contribution in [0.15, 0.2) is 24.3 Å². The maximum Gasteiger partial charge on any atom is 0.230 e. The second-order valence-corrected chi connectivity index (χ2v) is 7.08. The molecule has 25 heavy (non-hydrogen) atoms. The van der Waals surface area contributed by atoms with E-state index in [1.165, 1.54) is 21.4 Å². The first kappa shape index (κ1) is 17.8. The number of benzene rings is 1. The Hall–Kier alpha value is -1.96. The van der Waals surface area contributed by atoms with E-state index in [1.807, 2.05) is 18.9 Å². The molecule has 0 radical (unpaired) electrons. The number of hydrogen-bond acceptors (Lipinski definition) is 6. The molecule has 1 aromatic carbocycles. The standard InChI is InChI=1S/C18H24N4O2S/c1-4-12-6-8-13(9-7-12)15(21(3)10-11-23)16-17(24)22-18(25-16)19-14(5-2)20-22/h6-9,15,23-24H,4-5,10-11H2,1-3H3. The highest BCUT2D eigenvalue weighted by molar-refractivity contribution is 7.17. The number of nitrogens with zero attached hydrogens (tertiary/aromatic N) is 4. The van der Waals surface area contributed by atoms with E-state index in [2.05, 4.69) is 41.3 Å². The molecule has 0 bridgehead atoms. The molecule has 2 aromatic heterocycles. The van der Waals surface area contributed by atoms with Crippen LogP contribution >= 0.6 is 11.3 Å². The Balaban J connectivity index is 2.07. The van der Waals surface area contributed by atoms with Gasteiger partial charge in [0, 0.05) is 13.0 Å². The molecule has 0 aliphatic carbocycles. The second-order valence-electron chi connectivity index (χ2n) is 6.07. The summed E-state index contributed by atoms with van der Waals surface area (Å²) in [4.78, 5) is 7.98. The van der Waals surface area contributed by atoms with E-state index in [1.54, 1.807) is 0 Å². The lowest BCUT2D eigenvalue weighted by molar-refractivity contribution is 0.196. The van der Waals surface area contributed by atoms with Gasteiger partial charge in [-0.25, -0.2) is 4.98 Å². The van der Waals surface area contributed by atoms with Crippen LogP contribution in [0.3, 0.4) is 0 Å². The van der Waals surface area contributed by atoms with E-state index >= 15 is 0 Å². The SMILES string of the molecule is CCc1ccc(C(c2sc3nc(CC)nn3c2O)N(C)CCO)cc1. The van der Waals surface area contributed by atoms with Gasteiger partial charge in [-0.05, 0) is 24.6 Å². The third-order valence-electron chi connectivity index (χ3n) is 4.41. The van der Waals surface area contributed by atoms with Crippen molar-refractivity contribution in [3.8, 4) is 5.88 Å². The van der Waals surface area contributed by atoms with Gasteiger partial charge >= 0.3 is 0 Å². The molecule has 3 aromatic rings. The van der Waals surface area contributed by atoms with Gasteiger partial charge in [0.2, 0.25) is 10.8 Å². The Labute approximate surface area is 151 Å². The predicted molar refractivity (Wildman–Crippen MR) is 99.3 cm³/mol. The summed E-state index contributed by atoms with van der Waals surface area (Å²) in [5.74, 6) is 0.849. The number of fused-ring (bicyclic) bond motifs is 1. The van der Waals surface area contributed by atoms with Crippen LogP contribution in [-0.2, 0) is 12.8 Å². The van der Waals surface area contributed by atoms with E-state index in [0.29, 0.717) is 11.5 Å². The molecular formula is C18H24N4O2S. The van der Waals surface area contributed by atoms with Gasteiger partial charge in [0.1, 0.15) is 0 Å². The first-order valence-corrected chi connectivity index (χ1v) is 9.37. The maximum absolute atomic E-state index is 10.7. The van der Waals surface area contributed by atoms with Crippen molar-refractivity contribution in [3.63, 3.8) is 0 Å². The van der Waals surface area contributed by atoms with Crippen LogP contribution in [-0.4, -0.2) is 49.9 Å². The lowest BCUT2D eigenvalue weighted by atomic mass is 10.0. The molecule has 6 nitrogen and oxygen atoms in total. The minimum absolute atomic E-state index is 0.0571. The van der Waals surface area contributed by atoms with Crippen molar-refractivity contribution in [2.75, 3.05) is 20.2 Å². The molecule has 3 rings (SSSR count). The molecular weight excluding hydrogens is 336 g/mol. The van der Waals surface area contributed by atoms with Crippen molar-refractivity contribution in [2.24, 2.45) is 0 Å². The number of hydrogen-bond donors (Lipinski definition) is 2. The van der Waals surface area contributed by atoms with Crippen molar-refractivity contribution in [2.45, 2.75) is 32.7 Å². The minimum atomic E-state index is -0.156. The second kappa shape index (κ2) is 7.51. The topological polar surface area (TPSA) is 73.9 Å². The van der Waals surface area contributed by atoms with Gasteiger partial charge in [-0.3, -0.25) is 4.90 Å². The van der Waals surface area contributed by atoms with Crippen LogP contribution in [0.2, 0.25) is 0 Å². The predicted octanol–water partition coefficient (Wildman–Crippen LogP) is 2.63. The zero-order valence-corrected chi connectivity index (χ0v) is 15.6. The fourth-order valence-corrected chi connectivity index (χ4v) is 4.11. The zero-order chi connectivity index (χ0) is 18.0. The molecule has 1 atom stereocenters. The van der Waals surface area contributed by atoms with Crippen molar-refractivity contribution in [3.05, 3.63) is 46.1 Å². The maximum atomic E-state index is 10.7. The molecule has 0 amide bonds. The lowest BCUT2D eigenvalue weighted by Crippen LogP contribution is -2.28. The summed E-state index contributed by atoms with van der Waals surface area (Å²) in [5.41, 5.74) is 2.34. The van der Waals surface area contributed by atoms with Gasteiger partial charge in [-0.15, -0.1) is 5.10 Å². The Morgan fingerprint density at radius 2 is 1.92 bits per heavy atom. The molecule has 134 valence electrons. The molecule has 0 saturated heterocycles. The van der Waals surface area contributed by atoms with Gasteiger partial charge < -0.3 is 10.2 Å². The summed E-state index contributed by atoms with van der Waals surface area (Å²) in [5, 5.41) is 24.5. The lowest BCUT2D eigenvalue weighted by Gasteiger charge is -2.27. The first-order valence-electron chi connectivity index (χ1n) is 8.56. The van der Waals surface area contributed by atoms with Gasteiger partial charge in [0.15, 0.2) is 5.82 Å². The van der Waals surface area contributed by atoms with Gasteiger partial charge in [-0.2, -0.15) is 4.52 Å².